The lowest BCUT2D eigenvalue weighted by molar-refractivity contribution is -0.121. The quantitative estimate of drug-likeness (QED) is 0.675. The topological polar surface area (TPSA) is 79.5 Å². The van der Waals surface area contributed by atoms with Gasteiger partial charge in [-0.05, 0) is 37.8 Å². The largest absolute Gasteiger partial charge is 0.496 e. The van der Waals surface area contributed by atoms with Gasteiger partial charge in [-0.2, -0.15) is 0 Å². The zero-order chi connectivity index (χ0) is 18.1. The van der Waals surface area contributed by atoms with Gasteiger partial charge in [-0.1, -0.05) is 30.5 Å². The van der Waals surface area contributed by atoms with Gasteiger partial charge < -0.3 is 20.7 Å². The molecule has 3 amide bonds. The van der Waals surface area contributed by atoms with Crippen molar-refractivity contribution in [3.05, 3.63) is 29.3 Å². The average molecular weight is 347 g/mol. The summed E-state index contributed by atoms with van der Waals surface area (Å²) in [7, 11) is 1.64. The highest BCUT2D eigenvalue weighted by Crippen LogP contribution is 2.19. The molecule has 1 aromatic rings. The molecule has 1 aliphatic carbocycles. The maximum Gasteiger partial charge on any atom is 0.314 e. The monoisotopic (exact) mass is 347 g/mol. The molecule has 0 spiro atoms. The minimum Gasteiger partial charge on any atom is -0.496 e. The van der Waals surface area contributed by atoms with Crippen molar-refractivity contribution in [2.75, 3.05) is 20.2 Å². The number of aryl methyl sites for hydroxylation is 1. The molecule has 1 fully saturated rings. The van der Waals surface area contributed by atoms with Crippen LogP contribution in [0.15, 0.2) is 18.2 Å². The number of ether oxygens (including phenoxy) is 1. The second-order valence-corrected chi connectivity index (χ2v) is 6.55. The molecule has 1 aromatic carbocycles. The van der Waals surface area contributed by atoms with E-state index in [2.05, 4.69) is 22.0 Å². The number of carbonyl (C=O) groups excluding carboxylic acids is 2. The molecule has 0 aliphatic heterocycles. The van der Waals surface area contributed by atoms with Crippen LogP contribution in [-0.2, 0) is 11.2 Å². The molecule has 0 aromatic heterocycles. The van der Waals surface area contributed by atoms with E-state index in [0.717, 1.165) is 29.7 Å². The number of urea groups is 1. The number of hydrogen-bond donors (Lipinski definition) is 3. The zero-order valence-corrected chi connectivity index (χ0v) is 15.2. The summed E-state index contributed by atoms with van der Waals surface area (Å²) in [6.07, 6.45) is 5.54. The SMILES string of the molecule is COc1ccc(C)cc1CCNC(=O)NCCC(=O)NC1CCCC1. The van der Waals surface area contributed by atoms with Gasteiger partial charge in [-0.3, -0.25) is 4.79 Å². The van der Waals surface area contributed by atoms with Crippen molar-refractivity contribution in [3.63, 3.8) is 0 Å². The lowest BCUT2D eigenvalue weighted by atomic mass is 10.1. The van der Waals surface area contributed by atoms with Gasteiger partial charge in [-0.25, -0.2) is 4.79 Å². The third-order valence-corrected chi connectivity index (χ3v) is 4.47. The van der Waals surface area contributed by atoms with E-state index in [4.69, 9.17) is 4.74 Å². The molecule has 1 aliphatic rings. The van der Waals surface area contributed by atoms with E-state index in [0.29, 0.717) is 32.0 Å². The van der Waals surface area contributed by atoms with Gasteiger partial charge in [0.15, 0.2) is 0 Å². The van der Waals surface area contributed by atoms with Gasteiger partial charge >= 0.3 is 6.03 Å². The zero-order valence-electron chi connectivity index (χ0n) is 15.2. The summed E-state index contributed by atoms with van der Waals surface area (Å²) in [6, 6.07) is 6.07. The van der Waals surface area contributed by atoms with Crippen LogP contribution in [0.3, 0.4) is 0 Å². The Bertz CT molecular complexity index is 583. The number of hydrogen-bond acceptors (Lipinski definition) is 3. The van der Waals surface area contributed by atoms with Crippen LogP contribution in [0.4, 0.5) is 4.79 Å². The first-order valence-corrected chi connectivity index (χ1v) is 9.03. The molecule has 0 heterocycles. The molecule has 1 saturated carbocycles. The third-order valence-electron chi connectivity index (χ3n) is 4.47. The fourth-order valence-corrected chi connectivity index (χ4v) is 3.14. The lowest BCUT2D eigenvalue weighted by Gasteiger charge is -2.13. The highest BCUT2D eigenvalue weighted by molar-refractivity contribution is 5.78. The van der Waals surface area contributed by atoms with Gasteiger partial charge in [0.25, 0.3) is 0 Å². The Hall–Kier alpha value is -2.24. The summed E-state index contributed by atoms with van der Waals surface area (Å²) in [5.74, 6) is 0.841. The van der Waals surface area contributed by atoms with Crippen LogP contribution in [0.1, 0.15) is 43.2 Å². The van der Waals surface area contributed by atoms with Gasteiger partial charge in [0.05, 0.1) is 7.11 Å². The molecule has 0 bridgehead atoms. The number of benzene rings is 1. The van der Waals surface area contributed by atoms with Crippen molar-refractivity contribution in [2.24, 2.45) is 0 Å². The Morgan fingerprint density at radius 3 is 2.60 bits per heavy atom. The predicted octanol–water partition coefficient (Wildman–Crippen LogP) is 2.29. The van der Waals surface area contributed by atoms with Crippen LogP contribution in [0.2, 0.25) is 0 Å². The lowest BCUT2D eigenvalue weighted by Crippen LogP contribution is -2.39. The van der Waals surface area contributed by atoms with Gasteiger partial charge in [0.1, 0.15) is 5.75 Å². The highest BCUT2D eigenvalue weighted by atomic mass is 16.5. The van der Waals surface area contributed by atoms with Gasteiger partial charge in [0, 0.05) is 25.6 Å². The van der Waals surface area contributed by atoms with Gasteiger partial charge in [-0.15, -0.1) is 0 Å². The van der Waals surface area contributed by atoms with E-state index >= 15 is 0 Å². The molecule has 0 atom stereocenters. The molecule has 0 radical (unpaired) electrons. The van der Waals surface area contributed by atoms with Crippen molar-refractivity contribution < 1.29 is 14.3 Å². The van der Waals surface area contributed by atoms with Gasteiger partial charge in [0.2, 0.25) is 5.91 Å². The minimum absolute atomic E-state index is 0.0108. The van der Waals surface area contributed by atoms with E-state index in [1.807, 2.05) is 19.1 Å². The minimum atomic E-state index is -0.250. The predicted molar refractivity (Wildman–Crippen MR) is 97.9 cm³/mol. The average Bonchev–Trinajstić information content (AvgIpc) is 3.08. The van der Waals surface area contributed by atoms with Crippen LogP contribution < -0.4 is 20.7 Å². The Morgan fingerprint density at radius 2 is 1.88 bits per heavy atom. The van der Waals surface area contributed by atoms with Crippen LogP contribution >= 0.6 is 0 Å². The fraction of sp³-hybridized carbons (Fsp3) is 0.579. The normalized spacial score (nSPS) is 14.2. The molecule has 3 N–H and O–H groups in total. The number of nitrogens with one attached hydrogen (secondary N) is 3. The Kier molecular flexibility index (Phi) is 7.57. The van der Waals surface area contributed by atoms with E-state index < -0.39 is 0 Å². The van der Waals surface area contributed by atoms with E-state index in [9.17, 15) is 9.59 Å². The van der Waals surface area contributed by atoms with Crippen LogP contribution in [0.25, 0.3) is 0 Å². The molecule has 138 valence electrons. The molecule has 6 nitrogen and oxygen atoms in total. The second-order valence-electron chi connectivity index (χ2n) is 6.55. The summed E-state index contributed by atoms with van der Waals surface area (Å²) in [5, 5.41) is 8.54. The first-order chi connectivity index (χ1) is 12.1. The van der Waals surface area contributed by atoms with Crippen molar-refractivity contribution in [1.29, 1.82) is 0 Å². The maximum absolute atomic E-state index is 11.8. The molecule has 2 rings (SSSR count). The molecular formula is C19H29N3O3. The summed E-state index contributed by atoms with van der Waals surface area (Å²) in [5.41, 5.74) is 2.23. The molecule has 6 heteroatoms. The van der Waals surface area contributed by atoms with E-state index in [-0.39, 0.29) is 11.9 Å². The summed E-state index contributed by atoms with van der Waals surface area (Å²) in [6.45, 7) is 2.89. The Morgan fingerprint density at radius 1 is 1.16 bits per heavy atom. The standard InChI is InChI=1S/C19H29N3O3/c1-14-7-8-17(25-2)15(13-14)9-11-20-19(24)21-12-10-18(23)22-16-5-3-4-6-16/h7-8,13,16H,3-6,9-12H2,1-2H3,(H,22,23)(H2,20,21,24). The number of methoxy groups -OCH3 is 1. The number of amides is 3. The fourth-order valence-electron chi connectivity index (χ4n) is 3.14. The first kappa shape index (κ1) is 19.1. The van der Waals surface area contributed by atoms with Crippen molar-refractivity contribution in [2.45, 2.75) is 51.5 Å². The number of carbonyl (C=O) groups is 2. The summed E-state index contributed by atoms with van der Waals surface area (Å²) < 4.78 is 5.33. The van der Waals surface area contributed by atoms with E-state index in [1.54, 1.807) is 7.11 Å². The van der Waals surface area contributed by atoms with Crippen molar-refractivity contribution in [3.8, 4) is 5.75 Å². The first-order valence-electron chi connectivity index (χ1n) is 9.03. The second kappa shape index (κ2) is 9.91. The highest BCUT2D eigenvalue weighted by Gasteiger charge is 2.16. The summed E-state index contributed by atoms with van der Waals surface area (Å²) in [4.78, 5) is 23.6. The molecule has 25 heavy (non-hydrogen) atoms. The van der Waals surface area contributed by atoms with Crippen LogP contribution in [0, 0.1) is 6.92 Å². The molecule has 0 saturated heterocycles. The van der Waals surface area contributed by atoms with Crippen LogP contribution in [0.5, 0.6) is 5.75 Å². The number of rotatable bonds is 8. The van der Waals surface area contributed by atoms with Crippen LogP contribution in [-0.4, -0.2) is 38.2 Å². The molecule has 0 unspecified atom stereocenters. The third kappa shape index (κ3) is 6.64. The maximum atomic E-state index is 11.8. The smallest absolute Gasteiger partial charge is 0.314 e. The summed E-state index contributed by atoms with van der Waals surface area (Å²) >= 11 is 0. The Balaban J connectivity index is 1.61. The molecular weight excluding hydrogens is 318 g/mol. The van der Waals surface area contributed by atoms with Crippen molar-refractivity contribution >= 4 is 11.9 Å². The van der Waals surface area contributed by atoms with E-state index in [1.165, 1.54) is 12.8 Å². The van der Waals surface area contributed by atoms with Crippen molar-refractivity contribution in [1.82, 2.24) is 16.0 Å². The Labute approximate surface area is 149 Å².